The molecule has 0 spiro atoms. The van der Waals surface area contributed by atoms with Crippen LogP contribution in [0.4, 0.5) is 18.9 Å². The molecule has 3 aromatic heterocycles. The van der Waals surface area contributed by atoms with Crippen molar-refractivity contribution in [1.82, 2.24) is 24.1 Å². The van der Waals surface area contributed by atoms with Crippen molar-refractivity contribution in [3.05, 3.63) is 90.1 Å². The Kier molecular flexibility index (Phi) is 5.35. The number of nitrogens with zero attached hydrogens (tertiary/aromatic N) is 5. The van der Waals surface area contributed by atoms with Gasteiger partial charge in [-0.1, -0.05) is 30.3 Å². The fourth-order valence-corrected chi connectivity index (χ4v) is 3.85. The van der Waals surface area contributed by atoms with Gasteiger partial charge < -0.3 is 5.32 Å². The van der Waals surface area contributed by atoms with Crippen molar-refractivity contribution >= 4 is 17.2 Å². The number of alkyl halides is 3. The lowest BCUT2D eigenvalue weighted by Gasteiger charge is -2.15. The van der Waals surface area contributed by atoms with Crippen LogP contribution in [0.1, 0.15) is 21.7 Å². The van der Waals surface area contributed by atoms with E-state index in [-0.39, 0.29) is 16.8 Å². The van der Waals surface area contributed by atoms with Gasteiger partial charge in [0, 0.05) is 36.1 Å². The minimum atomic E-state index is -4.60. The Morgan fingerprint density at radius 2 is 1.83 bits per heavy atom. The molecule has 0 saturated carbocycles. The fourth-order valence-electron chi connectivity index (χ4n) is 3.85. The molecule has 1 amide bonds. The summed E-state index contributed by atoms with van der Waals surface area (Å²) < 4.78 is 44.1. The van der Waals surface area contributed by atoms with Gasteiger partial charge in [0.2, 0.25) is 0 Å². The maximum Gasteiger partial charge on any atom is 0.417 e. The molecule has 3 heterocycles. The third kappa shape index (κ3) is 4.25. The Morgan fingerprint density at radius 3 is 2.51 bits per heavy atom. The zero-order chi connectivity index (χ0) is 24.7. The van der Waals surface area contributed by atoms with E-state index in [4.69, 9.17) is 0 Å². The first-order valence-corrected chi connectivity index (χ1v) is 10.6. The van der Waals surface area contributed by atoms with Crippen LogP contribution in [0, 0.1) is 6.92 Å². The van der Waals surface area contributed by atoms with Gasteiger partial charge in [0.05, 0.1) is 28.8 Å². The lowest BCUT2D eigenvalue weighted by molar-refractivity contribution is -0.137. The summed E-state index contributed by atoms with van der Waals surface area (Å²) in [6.45, 7) is 1.80. The number of amides is 1. The zero-order valence-corrected chi connectivity index (χ0v) is 18.7. The summed E-state index contributed by atoms with van der Waals surface area (Å²) in [7, 11) is 1.61. The maximum absolute atomic E-state index is 13.7. The third-order valence-electron chi connectivity index (χ3n) is 5.57. The van der Waals surface area contributed by atoms with Crippen LogP contribution in [0.5, 0.6) is 0 Å². The number of aryl methyl sites for hydroxylation is 2. The molecular formula is C25H19F3N6O. The van der Waals surface area contributed by atoms with Crippen LogP contribution in [-0.4, -0.2) is 30.1 Å². The molecule has 0 fully saturated rings. The number of hydrogen-bond donors (Lipinski definition) is 1. The van der Waals surface area contributed by atoms with Gasteiger partial charge in [-0.2, -0.15) is 18.3 Å². The molecule has 0 aliphatic heterocycles. The van der Waals surface area contributed by atoms with Gasteiger partial charge in [-0.3, -0.25) is 13.9 Å². The molecule has 7 nitrogen and oxygen atoms in total. The highest BCUT2D eigenvalue weighted by Gasteiger charge is 2.34. The second-order valence-electron chi connectivity index (χ2n) is 7.99. The Morgan fingerprint density at radius 1 is 1.06 bits per heavy atom. The fraction of sp³-hybridized carbons (Fsp3) is 0.120. The van der Waals surface area contributed by atoms with Crippen LogP contribution in [0.15, 0.2) is 73.2 Å². The molecule has 0 aliphatic rings. The molecule has 1 N–H and O–H groups in total. The number of anilines is 1. The summed E-state index contributed by atoms with van der Waals surface area (Å²) in [4.78, 5) is 22.1. The number of rotatable bonds is 4. The number of carbonyl (C=O) groups excluding carboxylic acids is 1. The predicted molar refractivity (Wildman–Crippen MR) is 125 cm³/mol. The number of fused-ring (bicyclic) bond motifs is 1. The molecule has 0 saturated heterocycles. The van der Waals surface area contributed by atoms with E-state index >= 15 is 0 Å². The number of imidazole rings is 1. The second kappa shape index (κ2) is 8.39. The van der Waals surface area contributed by atoms with Gasteiger partial charge in [-0.25, -0.2) is 9.97 Å². The van der Waals surface area contributed by atoms with Crippen molar-refractivity contribution < 1.29 is 18.0 Å². The highest BCUT2D eigenvalue weighted by atomic mass is 19.4. The normalized spacial score (nSPS) is 11.7. The van der Waals surface area contributed by atoms with E-state index in [0.717, 1.165) is 17.7 Å². The molecule has 0 aliphatic carbocycles. The van der Waals surface area contributed by atoms with Crippen molar-refractivity contribution in [1.29, 1.82) is 0 Å². The first-order chi connectivity index (χ1) is 16.7. The Bertz CT molecular complexity index is 1550. The van der Waals surface area contributed by atoms with E-state index < -0.39 is 17.6 Å². The van der Waals surface area contributed by atoms with Crippen LogP contribution in [0.2, 0.25) is 0 Å². The second-order valence-corrected chi connectivity index (χ2v) is 7.99. The summed E-state index contributed by atoms with van der Waals surface area (Å²) >= 11 is 0. The quantitative estimate of drug-likeness (QED) is 0.378. The summed E-state index contributed by atoms with van der Waals surface area (Å²) in [6, 6.07) is 14.0. The van der Waals surface area contributed by atoms with Crippen LogP contribution < -0.4 is 5.32 Å². The maximum atomic E-state index is 13.7. The lowest BCUT2D eigenvalue weighted by atomic mass is 10.0. The smallest absolute Gasteiger partial charge is 0.319 e. The van der Waals surface area contributed by atoms with E-state index in [1.165, 1.54) is 16.8 Å². The molecule has 5 rings (SSSR count). The van der Waals surface area contributed by atoms with Crippen molar-refractivity contribution in [2.24, 2.45) is 7.05 Å². The first-order valence-electron chi connectivity index (χ1n) is 10.6. The molecule has 10 heteroatoms. The van der Waals surface area contributed by atoms with Crippen molar-refractivity contribution in [3.63, 3.8) is 0 Å². The van der Waals surface area contributed by atoms with E-state index in [1.807, 2.05) is 30.3 Å². The van der Waals surface area contributed by atoms with Crippen LogP contribution in [-0.2, 0) is 13.2 Å². The molecule has 35 heavy (non-hydrogen) atoms. The van der Waals surface area contributed by atoms with E-state index in [2.05, 4.69) is 20.4 Å². The standard InChI is InChI=1S/C25H19F3N6O/c1-15-29-13-22-31-23(16-6-4-3-5-7-16)21(14-34(15)22)30-24(35)17-8-9-19(25(26,27)28)18(12-17)20-10-11-33(2)32-20/h3-14H,1-2H3,(H,30,35). The minimum Gasteiger partial charge on any atom is -0.319 e. The van der Waals surface area contributed by atoms with Gasteiger partial charge in [0.1, 0.15) is 5.82 Å². The van der Waals surface area contributed by atoms with Crippen molar-refractivity contribution in [3.8, 4) is 22.5 Å². The summed E-state index contributed by atoms with van der Waals surface area (Å²) in [5.74, 6) is 0.0987. The average molecular weight is 476 g/mol. The average Bonchev–Trinajstić information content (AvgIpc) is 3.43. The zero-order valence-electron chi connectivity index (χ0n) is 18.7. The summed E-state index contributed by atoms with van der Waals surface area (Å²) in [6.07, 6.45) is 0.274. The van der Waals surface area contributed by atoms with Gasteiger partial charge in [-0.15, -0.1) is 0 Å². The van der Waals surface area contributed by atoms with Gasteiger partial charge in [-0.05, 0) is 31.2 Å². The van der Waals surface area contributed by atoms with Gasteiger partial charge in [0.15, 0.2) is 5.65 Å². The predicted octanol–water partition coefficient (Wildman–Crippen LogP) is 5.38. The molecular weight excluding hydrogens is 457 g/mol. The minimum absolute atomic E-state index is 0.0557. The highest BCUT2D eigenvalue weighted by Crippen LogP contribution is 2.37. The number of nitrogens with one attached hydrogen (secondary N) is 1. The van der Waals surface area contributed by atoms with E-state index in [9.17, 15) is 18.0 Å². The number of halogens is 3. The van der Waals surface area contributed by atoms with Crippen molar-refractivity contribution in [2.75, 3.05) is 5.32 Å². The Balaban J connectivity index is 1.58. The molecule has 0 unspecified atom stereocenters. The Hall–Kier alpha value is -4.47. The number of carbonyl (C=O) groups is 1. The Labute approximate surface area is 197 Å². The lowest BCUT2D eigenvalue weighted by Crippen LogP contribution is -2.15. The summed E-state index contributed by atoms with van der Waals surface area (Å²) in [5.41, 5.74) is 1.42. The third-order valence-corrected chi connectivity index (χ3v) is 5.57. The monoisotopic (exact) mass is 476 g/mol. The van der Waals surface area contributed by atoms with Gasteiger partial charge >= 0.3 is 6.18 Å². The van der Waals surface area contributed by atoms with Crippen LogP contribution >= 0.6 is 0 Å². The molecule has 5 aromatic rings. The SMILES string of the molecule is Cc1ncc2nc(-c3ccccc3)c(NC(=O)c3ccc(C(F)(F)F)c(-c4ccn(C)n4)c3)cn12. The highest BCUT2D eigenvalue weighted by molar-refractivity contribution is 6.06. The number of hydrogen-bond acceptors (Lipinski definition) is 4. The topological polar surface area (TPSA) is 77.1 Å². The molecule has 176 valence electrons. The number of aromatic nitrogens is 5. The summed E-state index contributed by atoms with van der Waals surface area (Å²) in [5, 5.41) is 6.92. The van der Waals surface area contributed by atoms with Crippen molar-refractivity contribution in [2.45, 2.75) is 13.1 Å². The van der Waals surface area contributed by atoms with E-state index in [1.54, 1.807) is 37.0 Å². The molecule has 0 radical (unpaired) electrons. The molecule has 0 bridgehead atoms. The first kappa shape index (κ1) is 22.3. The van der Waals surface area contributed by atoms with Crippen LogP contribution in [0.3, 0.4) is 0 Å². The molecule has 2 aromatic carbocycles. The largest absolute Gasteiger partial charge is 0.417 e. The number of benzene rings is 2. The van der Waals surface area contributed by atoms with Gasteiger partial charge in [0.25, 0.3) is 5.91 Å². The van der Waals surface area contributed by atoms with Crippen LogP contribution in [0.25, 0.3) is 28.2 Å². The van der Waals surface area contributed by atoms with E-state index in [0.29, 0.717) is 22.9 Å². The molecule has 0 atom stereocenters.